The van der Waals surface area contributed by atoms with Gasteiger partial charge in [-0.25, -0.2) is 0 Å². The number of aromatic nitrogens is 2. The smallest absolute Gasteiger partial charge is 0.149 e. The Morgan fingerprint density at radius 2 is 2.46 bits per heavy atom. The fraction of sp³-hybridized carbons (Fsp3) is 0.333. The lowest BCUT2D eigenvalue weighted by molar-refractivity contribution is 0.337. The van der Waals surface area contributed by atoms with Gasteiger partial charge in [-0.15, -0.1) is 5.10 Å². The number of hydrogen-bond acceptors (Lipinski definition) is 4. The second-order valence-corrected chi connectivity index (χ2v) is 3.17. The molecule has 0 atom stereocenters. The standard InChI is InChI=1S/C9H9N3O/c1-3-10-7-5-13-8-2-4-11-12-9(8)6(1)7/h2,4,10H,1,3,5H2. The largest absolute Gasteiger partial charge is 0.485 e. The molecule has 0 aromatic carbocycles. The van der Waals surface area contributed by atoms with E-state index in [-0.39, 0.29) is 0 Å². The van der Waals surface area contributed by atoms with Gasteiger partial charge in [-0.1, -0.05) is 0 Å². The van der Waals surface area contributed by atoms with E-state index < -0.39 is 0 Å². The normalized spacial score (nSPS) is 18.8. The zero-order valence-electron chi connectivity index (χ0n) is 7.08. The van der Waals surface area contributed by atoms with Gasteiger partial charge in [-0.3, -0.25) is 0 Å². The van der Waals surface area contributed by atoms with Crippen molar-refractivity contribution in [1.29, 1.82) is 0 Å². The molecular formula is C9H9N3O. The van der Waals surface area contributed by atoms with E-state index in [1.165, 1.54) is 11.3 Å². The Bertz CT molecular complexity index is 386. The van der Waals surface area contributed by atoms with E-state index in [0.29, 0.717) is 6.61 Å². The lowest BCUT2D eigenvalue weighted by Crippen LogP contribution is -2.17. The molecular weight excluding hydrogens is 166 g/mol. The highest BCUT2D eigenvalue weighted by molar-refractivity contribution is 5.73. The first-order chi connectivity index (χ1) is 6.45. The summed E-state index contributed by atoms with van der Waals surface area (Å²) in [4.78, 5) is 0. The Morgan fingerprint density at radius 1 is 1.46 bits per heavy atom. The third-order valence-corrected chi connectivity index (χ3v) is 2.42. The Hall–Kier alpha value is -1.58. The van der Waals surface area contributed by atoms with Gasteiger partial charge in [0.15, 0.2) is 0 Å². The summed E-state index contributed by atoms with van der Waals surface area (Å²) in [6, 6.07) is 1.87. The lowest BCUT2D eigenvalue weighted by atomic mass is 10.1. The average molecular weight is 175 g/mol. The SMILES string of the molecule is c1cc2c(nn1)C1=C(CO2)NCC1. The number of nitrogens with one attached hydrogen (secondary N) is 1. The predicted octanol–water partition coefficient (Wildman–Crippen LogP) is 0.573. The Morgan fingerprint density at radius 3 is 3.46 bits per heavy atom. The maximum absolute atomic E-state index is 5.51. The molecule has 4 heteroatoms. The highest BCUT2D eigenvalue weighted by atomic mass is 16.5. The summed E-state index contributed by atoms with van der Waals surface area (Å²) < 4.78 is 5.51. The van der Waals surface area contributed by atoms with Crippen LogP contribution in [0.4, 0.5) is 0 Å². The molecule has 66 valence electrons. The van der Waals surface area contributed by atoms with Crippen LogP contribution in [-0.2, 0) is 0 Å². The van der Waals surface area contributed by atoms with Crippen LogP contribution in [0.5, 0.6) is 5.75 Å². The first kappa shape index (κ1) is 6.88. The third-order valence-electron chi connectivity index (χ3n) is 2.42. The first-order valence-corrected chi connectivity index (χ1v) is 4.36. The van der Waals surface area contributed by atoms with Crippen LogP contribution >= 0.6 is 0 Å². The molecule has 0 bridgehead atoms. The summed E-state index contributed by atoms with van der Waals surface area (Å²) in [7, 11) is 0. The molecule has 0 radical (unpaired) electrons. The van der Waals surface area contributed by atoms with Crippen LogP contribution < -0.4 is 10.1 Å². The van der Waals surface area contributed by atoms with Crippen LogP contribution in [0.2, 0.25) is 0 Å². The summed E-state index contributed by atoms with van der Waals surface area (Å²) in [6.07, 6.45) is 2.69. The minimum atomic E-state index is 0.647. The summed E-state index contributed by atoms with van der Waals surface area (Å²) >= 11 is 0. The second-order valence-electron chi connectivity index (χ2n) is 3.17. The maximum Gasteiger partial charge on any atom is 0.149 e. The molecule has 0 fully saturated rings. The molecule has 0 saturated heterocycles. The van der Waals surface area contributed by atoms with Gasteiger partial charge < -0.3 is 10.1 Å². The second kappa shape index (κ2) is 2.45. The molecule has 0 spiro atoms. The molecule has 1 N–H and O–H groups in total. The lowest BCUT2D eigenvalue weighted by Gasteiger charge is -2.17. The number of hydrogen-bond donors (Lipinski definition) is 1. The van der Waals surface area contributed by atoms with Crippen molar-refractivity contribution in [2.45, 2.75) is 6.42 Å². The van der Waals surface area contributed by atoms with Crippen molar-refractivity contribution in [2.75, 3.05) is 13.2 Å². The zero-order valence-corrected chi connectivity index (χ0v) is 7.08. The van der Waals surface area contributed by atoms with Crippen molar-refractivity contribution in [2.24, 2.45) is 0 Å². The van der Waals surface area contributed by atoms with Crippen LogP contribution in [0.1, 0.15) is 12.1 Å². The summed E-state index contributed by atoms with van der Waals surface area (Å²) in [6.45, 7) is 1.64. The third kappa shape index (κ3) is 0.915. The molecule has 2 aliphatic rings. The van der Waals surface area contributed by atoms with Crippen molar-refractivity contribution in [3.8, 4) is 5.75 Å². The topological polar surface area (TPSA) is 47.0 Å². The van der Waals surface area contributed by atoms with Crippen LogP contribution in [-0.4, -0.2) is 23.3 Å². The van der Waals surface area contributed by atoms with Gasteiger partial charge >= 0.3 is 0 Å². The molecule has 3 rings (SSSR count). The van der Waals surface area contributed by atoms with Gasteiger partial charge in [0.05, 0.1) is 11.9 Å². The van der Waals surface area contributed by atoms with E-state index in [2.05, 4.69) is 15.5 Å². The quantitative estimate of drug-likeness (QED) is 0.626. The van der Waals surface area contributed by atoms with E-state index in [9.17, 15) is 0 Å². The Labute approximate surface area is 75.6 Å². The van der Waals surface area contributed by atoms with Crippen molar-refractivity contribution in [1.82, 2.24) is 15.5 Å². The Kier molecular flexibility index (Phi) is 1.30. The van der Waals surface area contributed by atoms with Crippen molar-refractivity contribution in [3.63, 3.8) is 0 Å². The van der Waals surface area contributed by atoms with Crippen LogP contribution in [0.15, 0.2) is 18.0 Å². The average Bonchev–Trinajstić information content (AvgIpc) is 2.65. The van der Waals surface area contributed by atoms with Gasteiger partial charge in [0.1, 0.15) is 18.1 Å². The van der Waals surface area contributed by atoms with Crippen molar-refractivity contribution >= 4 is 5.57 Å². The molecule has 4 nitrogen and oxygen atoms in total. The number of fused-ring (bicyclic) bond motifs is 2. The summed E-state index contributed by atoms with van der Waals surface area (Å²) in [5, 5.41) is 11.2. The fourth-order valence-electron chi connectivity index (χ4n) is 1.79. The highest BCUT2D eigenvalue weighted by Gasteiger charge is 2.24. The van der Waals surface area contributed by atoms with E-state index in [1.807, 2.05) is 6.07 Å². The van der Waals surface area contributed by atoms with Crippen LogP contribution in [0.25, 0.3) is 5.57 Å². The van der Waals surface area contributed by atoms with Crippen molar-refractivity contribution < 1.29 is 4.74 Å². The number of ether oxygens (including phenoxy) is 1. The number of rotatable bonds is 0. The predicted molar refractivity (Wildman–Crippen MR) is 47.1 cm³/mol. The monoisotopic (exact) mass is 175 g/mol. The number of nitrogens with zero attached hydrogens (tertiary/aromatic N) is 2. The molecule has 0 unspecified atom stereocenters. The molecule has 13 heavy (non-hydrogen) atoms. The molecule has 0 saturated carbocycles. The molecule has 3 heterocycles. The van der Waals surface area contributed by atoms with E-state index >= 15 is 0 Å². The highest BCUT2D eigenvalue weighted by Crippen LogP contribution is 2.33. The summed E-state index contributed by atoms with van der Waals surface area (Å²) in [5.74, 6) is 0.859. The van der Waals surface area contributed by atoms with Crippen LogP contribution in [0, 0.1) is 0 Å². The molecule has 0 aliphatic carbocycles. The first-order valence-electron chi connectivity index (χ1n) is 4.36. The Balaban J connectivity index is 2.18. The van der Waals surface area contributed by atoms with Crippen LogP contribution in [0.3, 0.4) is 0 Å². The van der Waals surface area contributed by atoms with E-state index in [1.54, 1.807) is 6.20 Å². The van der Waals surface area contributed by atoms with Gasteiger partial charge in [0, 0.05) is 18.2 Å². The fourth-order valence-corrected chi connectivity index (χ4v) is 1.79. The molecule has 1 aromatic heterocycles. The minimum absolute atomic E-state index is 0.647. The summed E-state index contributed by atoms with van der Waals surface area (Å²) in [5.41, 5.74) is 3.36. The molecule has 1 aromatic rings. The zero-order chi connectivity index (χ0) is 8.67. The van der Waals surface area contributed by atoms with E-state index in [4.69, 9.17) is 4.74 Å². The molecule has 0 amide bonds. The minimum Gasteiger partial charge on any atom is -0.485 e. The maximum atomic E-state index is 5.51. The van der Waals surface area contributed by atoms with E-state index in [0.717, 1.165) is 24.4 Å². The van der Waals surface area contributed by atoms with Gasteiger partial charge in [0.25, 0.3) is 0 Å². The van der Waals surface area contributed by atoms with Gasteiger partial charge in [-0.05, 0) is 6.42 Å². The van der Waals surface area contributed by atoms with Gasteiger partial charge in [0.2, 0.25) is 0 Å². The molecule has 2 aliphatic heterocycles. The van der Waals surface area contributed by atoms with Gasteiger partial charge in [-0.2, -0.15) is 5.10 Å². The van der Waals surface area contributed by atoms with Crippen molar-refractivity contribution in [3.05, 3.63) is 23.7 Å².